The van der Waals surface area contributed by atoms with Crippen LogP contribution in [0.3, 0.4) is 0 Å². The van der Waals surface area contributed by atoms with Crippen molar-refractivity contribution in [3.05, 3.63) is 34.9 Å². The smallest absolute Gasteiger partial charge is 0.176 e. The molecule has 0 radical (unpaired) electrons. The van der Waals surface area contributed by atoms with Crippen molar-refractivity contribution in [1.82, 2.24) is 0 Å². The Balaban J connectivity index is 2.91. The quantitative estimate of drug-likeness (QED) is 0.607. The third kappa shape index (κ3) is 3.32. The van der Waals surface area contributed by atoms with Crippen LogP contribution in [-0.2, 0) is 0 Å². The van der Waals surface area contributed by atoms with Gasteiger partial charge in [0.2, 0.25) is 0 Å². The van der Waals surface area contributed by atoms with Gasteiger partial charge in [0.05, 0.1) is 4.83 Å². The van der Waals surface area contributed by atoms with Crippen LogP contribution in [0.2, 0.25) is 0 Å². The molecule has 1 nitrogen and oxygen atoms in total. The van der Waals surface area contributed by atoms with Crippen molar-refractivity contribution in [2.24, 2.45) is 0 Å². The van der Waals surface area contributed by atoms with Gasteiger partial charge in [-0.25, -0.2) is 0 Å². The highest BCUT2D eigenvalue weighted by atomic mass is 79.9. The fraction of sp³-hybridized carbons (Fsp3) is 0.417. The second-order valence-electron chi connectivity index (χ2n) is 3.63. The van der Waals surface area contributed by atoms with Crippen LogP contribution in [-0.4, -0.2) is 16.5 Å². The van der Waals surface area contributed by atoms with E-state index in [1.807, 2.05) is 32.0 Å². The number of benzene rings is 1. The van der Waals surface area contributed by atoms with E-state index in [9.17, 15) is 4.79 Å². The largest absolute Gasteiger partial charge is 0.293 e. The van der Waals surface area contributed by atoms with Crippen molar-refractivity contribution in [2.45, 2.75) is 25.1 Å². The van der Waals surface area contributed by atoms with Gasteiger partial charge in [-0.3, -0.25) is 4.79 Å². The molecular weight excluding hydrogens is 275 g/mol. The van der Waals surface area contributed by atoms with Gasteiger partial charge in [-0.05, 0) is 25.8 Å². The summed E-state index contributed by atoms with van der Waals surface area (Å²) in [5.41, 5.74) is 2.99. The minimum absolute atomic E-state index is 0.119. The number of hydrogen-bond donors (Lipinski definition) is 0. The lowest BCUT2D eigenvalue weighted by Crippen LogP contribution is -2.15. The zero-order chi connectivity index (χ0) is 11.4. The molecule has 15 heavy (non-hydrogen) atoms. The van der Waals surface area contributed by atoms with Gasteiger partial charge in [-0.1, -0.05) is 39.7 Å². The zero-order valence-corrected chi connectivity index (χ0v) is 11.2. The third-order valence-electron chi connectivity index (χ3n) is 2.29. The molecule has 0 aliphatic carbocycles. The number of hydrogen-bond acceptors (Lipinski definition) is 1. The summed E-state index contributed by atoms with van der Waals surface area (Å²) in [5, 5.41) is 0. The number of aryl methyl sites for hydroxylation is 2. The van der Waals surface area contributed by atoms with Crippen LogP contribution in [0.15, 0.2) is 18.2 Å². The normalized spacial score (nSPS) is 12.5. The molecule has 82 valence electrons. The van der Waals surface area contributed by atoms with Crippen LogP contribution < -0.4 is 0 Å². The molecule has 0 N–H and O–H groups in total. The molecule has 1 aromatic carbocycles. The van der Waals surface area contributed by atoms with Crippen LogP contribution in [0.5, 0.6) is 0 Å². The number of Topliss-reactive ketones (excluding diaryl/α,β-unsaturated/α-hetero) is 1. The summed E-state index contributed by atoms with van der Waals surface area (Å²) in [5.74, 6) is 0.611. The van der Waals surface area contributed by atoms with Gasteiger partial charge in [-0.15, -0.1) is 11.6 Å². The number of rotatable bonds is 4. The second kappa shape index (κ2) is 5.66. The summed E-state index contributed by atoms with van der Waals surface area (Å²) in [4.78, 5) is 11.8. The highest BCUT2D eigenvalue weighted by molar-refractivity contribution is 9.10. The molecule has 0 spiro atoms. The molecule has 0 aliphatic rings. The molecule has 1 atom stereocenters. The topological polar surface area (TPSA) is 17.1 Å². The van der Waals surface area contributed by atoms with E-state index in [2.05, 4.69) is 15.9 Å². The van der Waals surface area contributed by atoms with E-state index in [0.717, 1.165) is 11.1 Å². The molecule has 0 amide bonds. The highest BCUT2D eigenvalue weighted by Crippen LogP contribution is 2.18. The molecule has 1 aromatic rings. The summed E-state index contributed by atoms with van der Waals surface area (Å²) in [6.45, 7) is 3.98. The number of halogens is 2. The SMILES string of the molecule is Cc1ccc(C(=O)C(Br)CCCl)c(C)c1. The van der Waals surface area contributed by atoms with Crippen molar-refractivity contribution >= 4 is 33.3 Å². The highest BCUT2D eigenvalue weighted by Gasteiger charge is 2.17. The van der Waals surface area contributed by atoms with Gasteiger partial charge in [0.25, 0.3) is 0 Å². The van der Waals surface area contributed by atoms with Crippen molar-refractivity contribution in [2.75, 3.05) is 5.88 Å². The van der Waals surface area contributed by atoms with E-state index < -0.39 is 0 Å². The van der Waals surface area contributed by atoms with E-state index in [1.165, 1.54) is 5.56 Å². The first-order valence-corrected chi connectivity index (χ1v) is 6.32. The molecule has 0 fully saturated rings. The van der Waals surface area contributed by atoms with Crippen LogP contribution in [0, 0.1) is 13.8 Å². The minimum atomic E-state index is -0.170. The van der Waals surface area contributed by atoms with Crippen molar-refractivity contribution in [3.8, 4) is 0 Å². The summed E-state index contributed by atoms with van der Waals surface area (Å²) >= 11 is 8.97. The average molecular weight is 290 g/mol. The van der Waals surface area contributed by atoms with Crippen LogP contribution >= 0.6 is 27.5 Å². The lowest BCUT2D eigenvalue weighted by molar-refractivity contribution is 0.0990. The van der Waals surface area contributed by atoms with Gasteiger partial charge in [0.15, 0.2) is 5.78 Å². The number of ketones is 1. The van der Waals surface area contributed by atoms with Gasteiger partial charge < -0.3 is 0 Å². The molecular formula is C12H14BrClO. The Hall–Kier alpha value is -0.340. The zero-order valence-electron chi connectivity index (χ0n) is 8.89. The molecule has 0 heterocycles. The Kier molecular flexibility index (Phi) is 4.81. The Morgan fingerprint density at radius 2 is 2.13 bits per heavy atom. The Morgan fingerprint density at radius 1 is 1.47 bits per heavy atom. The van der Waals surface area contributed by atoms with E-state index in [-0.39, 0.29) is 10.6 Å². The third-order valence-corrected chi connectivity index (χ3v) is 3.39. The van der Waals surface area contributed by atoms with Gasteiger partial charge >= 0.3 is 0 Å². The fourth-order valence-electron chi connectivity index (χ4n) is 1.49. The molecule has 0 bridgehead atoms. The van der Waals surface area contributed by atoms with E-state index in [0.29, 0.717) is 12.3 Å². The predicted octanol–water partition coefficient (Wildman–Crippen LogP) is 3.88. The molecule has 0 saturated carbocycles. The summed E-state index contributed by atoms with van der Waals surface area (Å²) in [6, 6.07) is 5.86. The summed E-state index contributed by atoms with van der Waals surface area (Å²) < 4.78 is 0. The molecule has 1 rings (SSSR count). The fourth-order valence-corrected chi connectivity index (χ4v) is 2.44. The molecule has 0 aromatic heterocycles. The van der Waals surface area contributed by atoms with Gasteiger partial charge in [0.1, 0.15) is 0 Å². The predicted molar refractivity (Wildman–Crippen MR) is 68.3 cm³/mol. The Labute approximate surface area is 104 Å². The van der Waals surface area contributed by atoms with E-state index >= 15 is 0 Å². The average Bonchev–Trinajstić information content (AvgIpc) is 2.17. The first-order valence-electron chi connectivity index (χ1n) is 4.87. The maximum absolute atomic E-state index is 12.0. The molecule has 0 aliphatic heterocycles. The van der Waals surface area contributed by atoms with Crippen molar-refractivity contribution in [3.63, 3.8) is 0 Å². The molecule has 0 saturated heterocycles. The monoisotopic (exact) mass is 288 g/mol. The Bertz CT molecular complexity index is 363. The minimum Gasteiger partial charge on any atom is -0.293 e. The lowest BCUT2D eigenvalue weighted by atomic mass is 10.00. The first kappa shape index (κ1) is 12.7. The standard InChI is InChI=1S/C12H14BrClO/c1-8-3-4-10(9(2)7-8)12(15)11(13)5-6-14/h3-4,7,11H,5-6H2,1-2H3. The molecule has 1 unspecified atom stereocenters. The van der Waals surface area contributed by atoms with E-state index in [4.69, 9.17) is 11.6 Å². The Morgan fingerprint density at radius 3 is 2.67 bits per heavy atom. The van der Waals surface area contributed by atoms with Crippen LogP contribution in [0.25, 0.3) is 0 Å². The maximum atomic E-state index is 12.0. The molecule has 3 heteroatoms. The van der Waals surface area contributed by atoms with Crippen LogP contribution in [0.1, 0.15) is 27.9 Å². The van der Waals surface area contributed by atoms with Crippen molar-refractivity contribution < 1.29 is 4.79 Å². The van der Waals surface area contributed by atoms with E-state index in [1.54, 1.807) is 0 Å². The summed E-state index contributed by atoms with van der Waals surface area (Å²) in [7, 11) is 0. The van der Waals surface area contributed by atoms with Crippen LogP contribution in [0.4, 0.5) is 0 Å². The first-order chi connectivity index (χ1) is 7.06. The number of carbonyl (C=O) groups excluding carboxylic acids is 1. The lowest BCUT2D eigenvalue weighted by Gasteiger charge is -2.09. The number of alkyl halides is 2. The van der Waals surface area contributed by atoms with Crippen molar-refractivity contribution in [1.29, 1.82) is 0 Å². The maximum Gasteiger partial charge on any atom is 0.176 e. The van der Waals surface area contributed by atoms with Gasteiger partial charge in [-0.2, -0.15) is 0 Å². The van der Waals surface area contributed by atoms with Gasteiger partial charge in [0, 0.05) is 11.4 Å². The number of carbonyl (C=O) groups is 1. The second-order valence-corrected chi connectivity index (χ2v) is 5.11. The summed E-state index contributed by atoms with van der Waals surface area (Å²) in [6.07, 6.45) is 0.660.